The molecule has 0 unspecified atom stereocenters. The Morgan fingerprint density at radius 2 is 0.753 bits per heavy atom. The summed E-state index contributed by atoms with van der Waals surface area (Å²) in [7, 11) is 0. The van der Waals surface area contributed by atoms with Crippen LogP contribution in [0.15, 0.2) is 164 Å². The molecule has 0 radical (unpaired) electrons. The zero-order chi connectivity index (χ0) is 58.6. The highest BCUT2D eigenvalue weighted by atomic mass is 35.5. The van der Waals surface area contributed by atoms with Crippen LogP contribution in [-0.2, 0) is 38.7 Å². The Labute approximate surface area is 475 Å². The average molecular weight is 1140 g/mol. The van der Waals surface area contributed by atoms with E-state index in [0.29, 0.717) is 29.1 Å². The minimum absolute atomic E-state index is 0.0200. The van der Waals surface area contributed by atoms with Gasteiger partial charge in [-0.05, 0) is 84.3 Å². The number of urea groups is 1. The van der Waals surface area contributed by atoms with E-state index in [2.05, 4.69) is 10.1 Å². The molecule has 0 aromatic heterocycles. The molecule has 0 spiro atoms. The third-order valence-electron chi connectivity index (χ3n) is 11.6. The number of hydrogen-bond donors (Lipinski definition) is 2. The van der Waals surface area contributed by atoms with Crippen molar-refractivity contribution >= 4 is 87.4 Å². The van der Waals surface area contributed by atoms with Crippen molar-refractivity contribution in [1.82, 2.24) is 35.4 Å². The summed E-state index contributed by atoms with van der Waals surface area (Å²) in [5.41, 5.74) is 8.84. The highest BCUT2D eigenvalue weighted by molar-refractivity contribution is 8.13. The molecule has 9 rings (SSSR count). The first-order valence-electron chi connectivity index (χ1n) is 25.1. The number of amides is 10. The fourth-order valence-corrected chi connectivity index (χ4v) is 8.66. The maximum atomic E-state index is 12.8. The van der Waals surface area contributed by atoms with Crippen LogP contribution in [0.1, 0.15) is 99.6 Å². The molecule has 0 bridgehead atoms. The third-order valence-corrected chi connectivity index (χ3v) is 12.6. The Bertz CT molecular complexity index is 3200. The van der Waals surface area contributed by atoms with Crippen LogP contribution in [0.5, 0.6) is 0 Å². The van der Waals surface area contributed by atoms with E-state index in [1.807, 2.05) is 49.4 Å². The normalized spacial score (nSPS) is 12.5. The lowest BCUT2D eigenvalue weighted by atomic mass is 10.1. The van der Waals surface area contributed by atoms with Crippen molar-refractivity contribution in [2.24, 2.45) is 5.73 Å². The van der Waals surface area contributed by atoms with E-state index in [1.165, 1.54) is 17.1 Å². The van der Waals surface area contributed by atoms with Crippen LogP contribution in [0.25, 0.3) is 0 Å². The number of carbonyl (C=O) groups excluding carboxylic acids is 11. The van der Waals surface area contributed by atoms with Gasteiger partial charge in [-0.1, -0.05) is 146 Å². The molecular weight excluding hydrogens is 1080 g/mol. The van der Waals surface area contributed by atoms with Crippen LogP contribution >= 0.6 is 23.4 Å². The number of thioether (sulfide) groups is 1. The first kappa shape index (κ1) is 60.7. The summed E-state index contributed by atoms with van der Waals surface area (Å²) in [5.74, 6) is -3.61. The molecule has 3 N–H and O–H groups in total. The van der Waals surface area contributed by atoms with Crippen LogP contribution in [0, 0.1) is 0 Å². The van der Waals surface area contributed by atoms with Crippen molar-refractivity contribution in [3.05, 3.63) is 214 Å². The molecule has 81 heavy (non-hydrogen) atoms. The number of nitrogens with zero attached hydrogens (tertiary/aromatic N) is 6. The maximum absolute atomic E-state index is 12.8. The predicted octanol–water partition coefficient (Wildman–Crippen LogP) is 8.11. The quantitative estimate of drug-likeness (QED) is 0.0426. The fraction of sp³-hybridized carbons (Fsp3) is 0.190. The Morgan fingerprint density at radius 1 is 0.457 bits per heavy atom. The monoisotopic (exact) mass is 1140 g/mol. The highest BCUT2D eigenvalue weighted by Crippen LogP contribution is 2.29. The molecule has 3 aliphatic heterocycles. The van der Waals surface area contributed by atoms with Crippen LogP contribution in [0.2, 0.25) is 0 Å². The van der Waals surface area contributed by atoms with E-state index in [4.69, 9.17) is 22.1 Å². The molecule has 0 aliphatic carbocycles. The molecule has 0 fully saturated rings. The zero-order valence-corrected chi connectivity index (χ0v) is 45.7. The number of benzene rings is 6. The van der Waals surface area contributed by atoms with Gasteiger partial charge < -0.3 is 20.5 Å². The summed E-state index contributed by atoms with van der Waals surface area (Å²) < 4.78 is 9.22. The summed E-state index contributed by atoms with van der Waals surface area (Å²) >= 11 is 6.66. The number of nitrogens with one attached hydrogen (secondary N) is 1. The summed E-state index contributed by atoms with van der Waals surface area (Å²) in [4.78, 5) is 134. The van der Waals surface area contributed by atoms with Crippen molar-refractivity contribution in [2.75, 3.05) is 32.1 Å². The molecule has 3 heterocycles. The van der Waals surface area contributed by atoms with E-state index in [-0.39, 0.29) is 72.8 Å². The van der Waals surface area contributed by atoms with Gasteiger partial charge in [0.05, 0.1) is 72.8 Å². The molecule has 0 saturated carbocycles. The number of hydrogen-bond acceptors (Lipinski definition) is 15. The largest absolute Gasteiger partial charge is 0.465 e. The molecule has 6 aromatic carbocycles. The summed E-state index contributed by atoms with van der Waals surface area (Å²) in [5, 5.41) is 6.92. The van der Waals surface area contributed by atoms with Crippen LogP contribution in [0.3, 0.4) is 0 Å². The minimum Gasteiger partial charge on any atom is -0.465 e. The lowest BCUT2D eigenvalue weighted by molar-refractivity contribution is -0.142. The van der Waals surface area contributed by atoms with Gasteiger partial charge in [0.25, 0.3) is 35.4 Å². The van der Waals surface area contributed by atoms with E-state index in [1.54, 1.807) is 123 Å². The lowest BCUT2D eigenvalue weighted by Crippen LogP contribution is -2.53. The van der Waals surface area contributed by atoms with E-state index >= 15 is 0 Å². The fourth-order valence-electron chi connectivity index (χ4n) is 7.99. The first-order chi connectivity index (χ1) is 39.1. The number of nitrogens with two attached hydrogens (primary N) is 1. The topological polar surface area (TPSA) is 264 Å². The van der Waals surface area contributed by atoms with Crippen LogP contribution in [-0.4, -0.2) is 126 Å². The van der Waals surface area contributed by atoms with Gasteiger partial charge in [-0.3, -0.25) is 47.9 Å². The molecular formula is C58H55ClN8O13S. The number of imide groups is 3. The highest BCUT2D eigenvalue weighted by Gasteiger charge is 2.44. The molecule has 6 aromatic rings. The smallest absolute Gasteiger partial charge is 0.337 e. The second-order valence-electron chi connectivity index (χ2n) is 17.0. The second kappa shape index (κ2) is 29.5. The van der Waals surface area contributed by atoms with Crippen molar-refractivity contribution in [3.63, 3.8) is 0 Å². The number of carbonyl (C=O) groups is 11. The Morgan fingerprint density at radius 3 is 1.06 bits per heavy atom. The minimum atomic E-state index is -0.890. The SMILES string of the molecule is CCOC(=O)CN.CCOC(=O)CNC(=O)N(Cc1ccccc1)N1C(=O)c2ccccc2C1=O.CCSC(=O)N(Cc1ccccc1)N1C(=O)c2ccccc2C1=O.O=C(Cl)N(Cc1ccccc1)N1C(=O)c2ccccc2C1=O. The third kappa shape index (κ3) is 15.2. The second-order valence-corrected chi connectivity index (χ2v) is 18.5. The van der Waals surface area contributed by atoms with Gasteiger partial charge in [0.2, 0.25) is 0 Å². The number of halogens is 1. The summed E-state index contributed by atoms with van der Waals surface area (Å²) in [6.45, 7) is 5.62. The molecule has 21 nitrogen and oxygen atoms in total. The molecule has 418 valence electrons. The van der Waals surface area contributed by atoms with Gasteiger partial charge in [0.15, 0.2) is 0 Å². The van der Waals surface area contributed by atoms with Gasteiger partial charge in [-0.25, -0.2) is 19.8 Å². The number of hydrazine groups is 3. The van der Waals surface area contributed by atoms with Crippen molar-refractivity contribution in [2.45, 2.75) is 40.4 Å². The van der Waals surface area contributed by atoms with E-state index in [9.17, 15) is 52.7 Å². The maximum Gasteiger partial charge on any atom is 0.337 e. The van der Waals surface area contributed by atoms with Gasteiger partial charge in [-0.2, -0.15) is 15.0 Å². The standard InChI is InChI=1S/C20H19N3O5.C18H16N2O3S.C16H11ClN2O3.C4H9NO2/c1-2-28-17(24)12-21-20(27)22(13-14-8-4-3-5-9-14)23-18(25)15-10-6-7-11-16(15)19(23)26;1-2-24-18(23)19(12-13-8-4-3-5-9-13)20-16(21)14-10-6-7-11-15(14)17(20)22;17-16(22)18(10-11-6-2-1-3-7-11)19-14(20)12-8-4-5-9-13(12)15(19)21;1-2-7-4(6)3-5/h3-11H,2,12-13H2,1H3,(H,21,27);3-11H,2,12H2,1H3;1-9H,10H2;2-3,5H2,1H3. The van der Waals surface area contributed by atoms with Crippen LogP contribution in [0.4, 0.5) is 14.4 Å². The van der Waals surface area contributed by atoms with Gasteiger partial charge in [0, 0.05) is 0 Å². The summed E-state index contributed by atoms with van der Waals surface area (Å²) in [6, 6.07) is 45.9. The van der Waals surface area contributed by atoms with E-state index in [0.717, 1.165) is 47.9 Å². The molecule has 10 amide bonds. The van der Waals surface area contributed by atoms with Crippen molar-refractivity contribution in [3.8, 4) is 0 Å². The van der Waals surface area contributed by atoms with Crippen LogP contribution < -0.4 is 11.1 Å². The Balaban J connectivity index is 0.000000186. The number of fused-ring (bicyclic) bond motifs is 3. The Kier molecular flexibility index (Phi) is 22.1. The molecule has 23 heteroatoms. The molecule has 0 saturated heterocycles. The average Bonchev–Trinajstić information content (AvgIpc) is 4.25. The van der Waals surface area contributed by atoms with Gasteiger partial charge >= 0.3 is 28.6 Å². The van der Waals surface area contributed by atoms with Gasteiger partial charge in [0.1, 0.15) is 6.54 Å². The molecule has 0 atom stereocenters. The molecule has 3 aliphatic rings. The van der Waals surface area contributed by atoms with Crippen molar-refractivity contribution < 1.29 is 62.2 Å². The van der Waals surface area contributed by atoms with Gasteiger partial charge in [-0.15, -0.1) is 0 Å². The van der Waals surface area contributed by atoms with E-state index < -0.39 is 52.8 Å². The van der Waals surface area contributed by atoms with Crippen molar-refractivity contribution in [1.29, 1.82) is 0 Å². The number of rotatable bonds is 15. The lowest BCUT2D eigenvalue weighted by Gasteiger charge is -2.30. The predicted molar refractivity (Wildman–Crippen MR) is 297 cm³/mol. The first-order valence-corrected chi connectivity index (χ1v) is 26.5. The number of esters is 2. The summed E-state index contributed by atoms with van der Waals surface area (Å²) in [6.07, 6.45) is 0. The Hall–Kier alpha value is -9.51. The zero-order valence-electron chi connectivity index (χ0n) is 44.1. The number of ether oxygens (including phenoxy) is 2.